The van der Waals surface area contributed by atoms with Crippen LogP contribution in [0.15, 0.2) is 79.1 Å². The van der Waals surface area contributed by atoms with Crippen molar-refractivity contribution >= 4 is 22.6 Å². The Morgan fingerprint density at radius 3 is 2.62 bits per heavy atom. The third kappa shape index (κ3) is 4.46. The number of aromatic nitrogens is 2. The van der Waals surface area contributed by atoms with Crippen LogP contribution in [-0.2, 0) is 6.42 Å². The lowest BCUT2D eigenvalue weighted by Crippen LogP contribution is -2.25. The number of para-hydroxylation sites is 1. The summed E-state index contributed by atoms with van der Waals surface area (Å²) in [5, 5.41) is 7.53. The van der Waals surface area contributed by atoms with E-state index in [0.717, 1.165) is 17.8 Å². The highest BCUT2D eigenvalue weighted by molar-refractivity contribution is 5.94. The fraction of sp³-hybridized carbons (Fsp3) is 0.167. The molecule has 2 aromatic heterocycles. The number of hydrogen-bond acceptors (Lipinski definition) is 3. The monoisotopic (exact) mass is 384 g/mol. The van der Waals surface area contributed by atoms with Gasteiger partial charge in [-0.25, -0.2) is 4.98 Å². The third-order valence-corrected chi connectivity index (χ3v) is 5.04. The zero-order valence-electron chi connectivity index (χ0n) is 16.4. The van der Waals surface area contributed by atoms with Gasteiger partial charge in [-0.2, -0.15) is 0 Å². The van der Waals surface area contributed by atoms with Crippen molar-refractivity contribution in [2.45, 2.75) is 19.4 Å². The average molecular weight is 384 g/mol. The van der Waals surface area contributed by atoms with Gasteiger partial charge in [-0.05, 0) is 42.7 Å². The number of benzene rings is 2. The van der Waals surface area contributed by atoms with Crippen LogP contribution in [0.5, 0.6) is 0 Å². The SMILES string of the molecule is CC(Nc1ccc(C(=O)NCCc2c[nH]c3ccccc23)cn1)c1ccccc1. The Bertz CT molecular complexity index is 1090. The van der Waals surface area contributed by atoms with E-state index in [1.807, 2.05) is 42.6 Å². The van der Waals surface area contributed by atoms with Gasteiger partial charge in [0.1, 0.15) is 5.82 Å². The van der Waals surface area contributed by atoms with Crippen LogP contribution in [0.25, 0.3) is 10.9 Å². The molecule has 2 aromatic carbocycles. The molecule has 0 aliphatic carbocycles. The van der Waals surface area contributed by atoms with E-state index in [1.54, 1.807) is 12.3 Å². The average Bonchev–Trinajstić information content (AvgIpc) is 3.18. The molecule has 0 saturated carbocycles. The zero-order valence-corrected chi connectivity index (χ0v) is 16.4. The topological polar surface area (TPSA) is 69.8 Å². The highest BCUT2D eigenvalue weighted by Crippen LogP contribution is 2.18. The summed E-state index contributed by atoms with van der Waals surface area (Å²) in [6.07, 6.45) is 4.39. The van der Waals surface area contributed by atoms with Gasteiger partial charge in [-0.1, -0.05) is 48.5 Å². The molecule has 146 valence electrons. The van der Waals surface area contributed by atoms with E-state index in [-0.39, 0.29) is 11.9 Å². The van der Waals surface area contributed by atoms with Crippen LogP contribution in [-0.4, -0.2) is 22.4 Å². The minimum Gasteiger partial charge on any atom is -0.364 e. The molecule has 4 rings (SSSR count). The van der Waals surface area contributed by atoms with Crippen molar-refractivity contribution < 1.29 is 4.79 Å². The second-order valence-electron chi connectivity index (χ2n) is 7.07. The maximum absolute atomic E-state index is 12.4. The molecule has 5 nitrogen and oxygen atoms in total. The van der Waals surface area contributed by atoms with Crippen molar-refractivity contribution in [2.75, 3.05) is 11.9 Å². The number of fused-ring (bicyclic) bond motifs is 1. The highest BCUT2D eigenvalue weighted by Gasteiger charge is 2.09. The fourth-order valence-corrected chi connectivity index (χ4v) is 3.41. The largest absolute Gasteiger partial charge is 0.364 e. The van der Waals surface area contributed by atoms with Gasteiger partial charge < -0.3 is 15.6 Å². The standard InChI is InChI=1S/C24H24N4O/c1-17(18-7-3-2-4-8-18)28-23-12-11-20(16-27-23)24(29)25-14-13-19-15-26-22-10-6-5-9-21(19)22/h2-12,15-17,26H,13-14H2,1H3,(H,25,29)(H,27,28). The van der Waals surface area contributed by atoms with Gasteiger partial charge in [0.25, 0.3) is 5.91 Å². The molecule has 1 atom stereocenters. The number of pyridine rings is 1. The molecule has 3 N–H and O–H groups in total. The summed E-state index contributed by atoms with van der Waals surface area (Å²) in [4.78, 5) is 20.1. The maximum atomic E-state index is 12.4. The lowest BCUT2D eigenvalue weighted by atomic mass is 10.1. The van der Waals surface area contributed by atoms with E-state index in [1.165, 1.54) is 16.5 Å². The van der Waals surface area contributed by atoms with Crippen LogP contribution in [0.1, 0.15) is 34.5 Å². The first-order valence-electron chi connectivity index (χ1n) is 9.81. The van der Waals surface area contributed by atoms with E-state index in [9.17, 15) is 4.79 Å². The van der Waals surface area contributed by atoms with Crippen LogP contribution < -0.4 is 10.6 Å². The van der Waals surface area contributed by atoms with E-state index in [2.05, 4.69) is 51.8 Å². The summed E-state index contributed by atoms with van der Waals surface area (Å²) < 4.78 is 0. The molecule has 4 aromatic rings. The lowest BCUT2D eigenvalue weighted by molar-refractivity contribution is 0.0954. The van der Waals surface area contributed by atoms with Crippen molar-refractivity contribution in [1.29, 1.82) is 0 Å². The summed E-state index contributed by atoms with van der Waals surface area (Å²) >= 11 is 0. The molecule has 2 heterocycles. The Morgan fingerprint density at radius 1 is 1.03 bits per heavy atom. The maximum Gasteiger partial charge on any atom is 0.252 e. The fourth-order valence-electron chi connectivity index (χ4n) is 3.41. The quantitative estimate of drug-likeness (QED) is 0.432. The molecule has 0 saturated heterocycles. The van der Waals surface area contributed by atoms with Gasteiger partial charge in [-0.15, -0.1) is 0 Å². The molecule has 1 unspecified atom stereocenters. The van der Waals surface area contributed by atoms with Gasteiger partial charge in [0.2, 0.25) is 0 Å². The first kappa shape index (κ1) is 18.7. The highest BCUT2D eigenvalue weighted by atomic mass is 16.1. The molecular formula is C24H24N4O. The number of nitrogens with one attached hydrogen (secondary N) is 3. The molecule has 0 bridgehead atoms. The zero-order chi connectivity index (χ0) is 20.1. The van der Waals surface area contributed by atoms with Crippen molar-refractivity contribution in [1.82, 2.24) is 15.3 Å². The second kappa shape index (κ2) is 8.61. The number of aromatic amines is 1. The second-order valence-corrected chi connectivity index (χ2v) is 7.07. The smallest absolute Gasteiger partial charge is 0.252 e. The first-order chi connectivity index (χ1) is 14.2. The van der Waals surface area contributed by atoms with Crippen LogP contribution in [0.4, 0.5) is 5.82 Å². The van der Waals surface area contributed by atoms with E-state index in [4.69, 9.17) is 0 Å². The Hall–Kier alpha value is -3.60. The third-order valence-electron chi connectivity index (χ3n) is 5.04. The van der Waals surface area contributed by atoms with Gasteiger partial charge in [-0.3, -0.25) is 4.79 Å². The number of anilines is 1. The molecule has 0 radical (unpaired) electrons. The lowest BCUT2D eigenvalue weighted by Gasteiger charge is -2.15. The Labute approximate surface area is 170 Å². The molecule has 0 spiro atoms. The van der Waals surface area contributed by atoms with Crippen molar-refractivity contribution in [3.05, 3.63) is 95.8 Å². The number of carbonyl (C=O) groups is 1. The number of nitrogens with zero attached hydrogens (tertiary/aromatic N) is 1. The summed E-state index contributed by atoms with van der Waals surface area (Å²) in [6, 6.07) is 22.2. The molecule has 5 heteroatoms. The molecule has 0 fully saturated rings. The van der Waals surface area contributed by atoms with Crippen molar-refractivity contribution in [2.24, 2.45) is 0 Å². The number of carbonyl (C=O) groups excluding carboxylic acids is 1. The summed E-state index contributed by atoms with van der Waals surface area (Å²) in [5.74, 6) is 0.636. The van der Waals surface area contributed by atoms with E-state index < -0.39 is 0 Å². The van der Waals surface area contributed by atoms with Crippen molar-refractivity contribution in [3.63, 3.8) is 0 Å². The molecule has 29 heavy (non-hydrogen) atoms. The van der Waals surface area contributed by atoms with Gasteiger partial charge in [0.15, 0.2) is 0 Å². The van der Waals surface area contributed by atoms with Gasteiger partial charge in [0.05, 0.1) is 5.56 Å². The number of hydrogen-bond donors (Lipinski definition) is 3. The predicted molar refractivity (Wildman–Crippen MR) is 117 cm³/mol. The summed E-state index contributed by atoms with van der Waals surface area (Å²) in [5.41, 5.74) is 4.06. The summed E-state index contributed by atoms with van der Waals surface area (Å²) in [6.45, 7) is 2.66. The molecule has 0 aliphatic heterocycles. The number of rotatable bonds is 7. The number of H-pyrrole nitrogens is 1. The molecule has 0 aliphatic rings. The van der Waals surface area contributed by atoms with Gasteiger partial charge >= 0.3 is 0 Å². The van der Waals surface area contributed by atoms with E-state index >= 15 is 0 Å². The summed E-state index contributed by atoms with van der Waals surface area (Å²) in [7, 11) is 0. The Morgan fingerprint density at radius 2 is 1.83 bits per heavy atom. The predicted octanol–water partition coefficient (Wildman–Crippen LogP) is 4.71. The first-order valence-corrected chi connectivity index (χ1v) is 9.81. The Balaban J connectivity index is 1.31. The molecule has 1 amide bonds. The van der Waals surface area contributed by atoms with Crippen molar-refractivity contribution in [3.8, 4) is 0 Å². The normalized spacial score (nSPS) is 11.9. The van der Waals surface area contributed by atoms with Crippen LogP contribution >= 0.6 is 0 Å². The van der Waals surface area contributed by atoms with Gasteiger partial charge in [0, 0.05) is 35.9 Å². The number of amides is 1. The van der Waals surface area contributed by atoms with Crippen LogP contribution in [0.2, 0.25) is 0 Å². The van der Waals surface area contributed by atoms with Crippen LogP contribution in [0.3, 0.4) is 0 Å². The minimum absolute atomic E-state index is 0.111. The minimum atomic E-state index is -0.111. The Kier molecular flexibility index (Phi) is 5.56. The van der Waals surface area contributed by atoms with E-state index in [0.29, 0.717) is 12.1 Å². The van der Waals surface area contributed by atoms with Crippen LogP contribution in [0, 0.1) is 0 Å². The molecular weight excluding hydrogens is 360 g/mol.